The molecule has 3 heterocycles. The predicted octanol–water partition coefficient (Wildman–Crippen LogP) is 2.35. The third-order valence-corrected chi connectivity index (χ3v) is 3.98. The van der Waals surface area contributed by atoms with Gasteiger partial charge in [0.1, 0.15) is 12.1 Å². The third kappa shape index (κ3) is 1.84. The number of rotatable bonds is 3. The van der Waals surface area contributed by atoms with E-state index in [4.69, 9.17) is 0 Å². The lowest BCUT2D eigenvalue weighted by Crippen LogP contribution is -2.06. The van der Waals surface area contributed by atoms with Crippen LogP contribution >= 0.6 is 11.3 Å². The summed E-state index contributed by atoms with van der Waals surface area (Å²) in [5, 5.41) is 9.59. The second-order valence-electron chi connectivity index (χ2n) is 4.12. The van der Waals surface area contributed by atoms with Gasteiger partial charge in [-0.3, -0.25) is 4.68 Å². The Morgan fingerprint density at radius 3 is 3.06 bits per heavy atom. The number of fused-ring (bicyclic) bond motifs is 1. The number of nitrogens with one attached hydrogen (secondary N) is 1. The average molecular weight is 259 g/mol. The van der Waals surface area contributed by atoms with E-state index in [1.54, 1.807) is 23.9 Å². The molecule has 0 aliphatic heterocycles. The Morgan fingerprint density at radius 2 is 2.28 bits per heavy atom. The zero-order chi connectivity index (χ0) is 12.5. The lowest BCUT2D eigenvalue weighted by atomic mass is 10.3. The molecule has 6 heteroatoms. The van der Waals surface area contributed by atoms with Crippen molar-refractivity contribution in [3.05, 3.63) is 35.2 Å². The monoisotopic (exact) mass is 259 g/mol. The van der Waals surface area contributed by atoms with Crippen molar-refractivity contribution in [2.75, 3.05) is 5.32 Å². The van der Waals surface area contributed by atoms with Gasteiger partial charge in [-0.15, -0.1) is 11.3 Å². The largest absolute Gasteiger partial charge is 0.363 e. The van der Waals surface area contributed by atoms with E-state index in [-0.39, 0.29) is 0 Å². The molecule has 3 aromatic heterocycles. The maximum atomic E-state index is 4.31. The van der Waals surface area contributed by atoms with Crippen LogP contribution in [-0.4, -0.2) is 19.7 Å². The SMILES string of the molecule is Cc1csc2c(NCc3ccnn3C)ncnc12. The minimum atomic E-state index is 0.708. The molecule has 18 heavy (non-hydrogen) atoms. The highest BCUT2D eigenvalue weighted by Crippen LogP contribution is 2.28. The van der Waals surface area contributed by atoms with Crippen LogP contribution in [0.2, 0.25) is 0 Å². The smallest absolute Gasteiger partial charge is 0.147 e. The number of aryl methyl sites for hydroxylation is 2. The zero-order valence-corrected chi connectivity index (χ0v) is 11.0. The fourth-order valence-corrected chi connectivity index (χ4v) is 2.81. The van der Waals surface area contributed by atoms with Gasteiger partial charge in [0.2, 0.25) is 0 Å². The third-order valence-electron chi connectivity index (χ3n) is 2.89. The second kappa shape index (κ2) is 4.38. The summed E-state index contributed by atoms with van der Waals surface area (Å²) in [7, 11) is 1.93. The van der Waals surface area contributed by atoms with Crippen LogP contribution in [0.25, 0.3) is 10.2 Å². The fourth-order valence-electron chi connectivity index (χ4n) is 1.84. The van der Waals surface area contributed by atoms with Gasteiger partial charge in [0.25, 0.3) is 0 Å². The highest BCUT2D eigenvalue weighted by atomic mass is 32.1. The van der Waals surface area contributed by atoms with Crippen molar-refractivity contribution < 1.29 is 0 Å². The van der Waals surface area contributed by atoms with Crippen LogP contribution in [0.4, 0.5) is 5.82 Å². The van der Waals surface area contributed by atoms with E-state index in [1.165, 1.54) is 5.56 Å². The van der Waals surface area contributed by atoms with Gasteiger partial charge < -0.3 is 5.32 Å². The standard InChI is InChI=1S/C12H13N5S/c1-8-6-18-11-10(8)14-7-15-12(11)13-5-9-3-4-16-17(9)2/h3-4,6-7H,5H2,1-2H3,(H,13,14,15). The molecule has 0 bridgehead atoms. The first-order chi connectivity index (χ1) is 8.75. The number of aromatic nitrogens is 4. The highest BCUT2D eigenvalue weighted by Gasteiger charge is 2.08. The van der Waals surface area contributed by atoms with Crippen LogP contribution in [-0.2, 0) is 13.6 Å². The lowest BCUT2D eigenvalue weighted by Gasteiger charge is -2.06. The molecule has 92 valence electrons. The summed E-state index contributed by atoms with van der Waals surface area (Å²) in [4.78, 5) is 8.61. The van der Waals surface area contributed by atoms with Crippen LogP contribution in [0.1, 0.15) is 11.3 Å². The molecule has 0 aromatic carbocycles. The average Bonchev–Trinajstić information content (AvgIpc) is 2.95. The molecule has 0 aliphatic carbocycles. The van der Waals surface area contributed by atoms with E-state index < -0.39 is 0 Å². The first-order valence-corrected chi connectivity index (χ1v) is 6.53. The van der Waals surface area contributed by atoms with Crippen molar-refractivity contribution in [1.82, 2.24) is 19.7 Å². The molecule has 0 unspecified atom stereocenters. The Morgan fingerprint density at radius 1 is 1.39 bits per heavy atom. The molecule has 0 fully saturated rings. The molecule has 0 saturated carbocycles. The summed E-state index contributed by atoms with van der Waals surface area (Å²) >= 11 is 1.67. The van der Waals surface area contributed by atoms with Crippen molar-refractivity contribution >= 4 is 27.4 Å². The van der Waals surface area contributed by atoms with Crippen molar-refractivity contribution in [3.63, 3.8) is 0 Å². The van der Waals surface area contributed by atoms with Gasteiger partial charge in [0.15, 0.2) is 0 Å². The van der Waals surface area contributed by atoms with Gasteiger partial charge in [-0.25, -0.2) is 9.97 Å². The number of anilines is 1. The van der Waals surface area contributed by atoms with Crippen LogP contribution in [0.15, 0.2) is 24.0 Å². The van der Waals surface area contributed by atoms with Gasteiger partial charge in [-0.05, 0) is 23.9 Å². The topological polar surface area (TPSA) is 55.6 Å². The van der Waals surface area contributed by atoms with E-state index >= 15 is 0 Å². The molecule has 3 rings (SSSR count). The summed E-state index contributed by atoms with van der Waals surface area (Å²) in [5.41, 5.74) is 3.35. The van der Waals surface area contributed by atoms with Crippen LogP contribution < -0.4 is 5.32 Å². The Hall–Kier alpha value is -1.95. The van der Waals surface area contributed by atoms with Crippen LogP contribution in [0.3, 0.4) is 0 Å². The molecule has 0 amide bonds. The van der Waals surface area contributed by atoms with Crippen molar-refractivity contribution in [1.29, 1.82) is 0 Å². The minimum Gasteiger partial charge on any atom is -0.363 e. The lowest BCUT2D eigenvalue weighted by molar-refractivity contribution is 0.720. The normalized spacial score (nSPS) is 11.0. The molecule has 0 spiro atoms. The molecular formula is C12H13N5S. The van der Waals surface area contributed by atoms with Gasteiger partial charge in [-0.2, -0.15) is 5.10 Å². The van der Waals surface area contributed by atoms with E-state index in [9.17, 15) is 0 Å². The second-order valence-corrected chi connectivity index (χ2v) is 5.00. The molecule has 3 aromatic rings. The summed E-state index contributed by atoms with van der Waals surface area (Å²) in [6.07, 6.45) is 3.40. The van der Waals surface area contributed by atoms with E-state index in [2.05, 4.69) is 32.7 Å². The number of nitrogens with zero attached hydrogens (tertiary/aromatic N) is 4. The number of hydrogen-bond acceptors (Lipinski definition) is 5. The molecule has 5 nitrogen and oxygen atoms in total. The summed E-state index contributed by atoms with van der Waals surface area (Å²) in [6, 6.07) is 1.99. The van der Waals surface area contributed by atoms with Crippen molar-refractivity contribution in [2.24, 2.45) is 7.05 Å². The first kappa shape index (κ1) is 11.2. The van der Waals surface area contributed by atoms with Crippen molar-refractivity contribution in [3.8, 4) is 0 Å². The Bertz CT molecular complexity index is 685. The Labute approximate surface area is 109 Å². The maximum absolute atomic E-state index is 4.31. The maximum Gasteiger partial charge on any atom is 0.147 e. The molecule has 1 N–H and O–H groups in total. The van der Waals surface area contributed by atoms with E-state index in [0.29, 0.717) is 6.54 Å². The van der Waals surface area contributed by atoms with Crippen LogP contribution in [0.5, 0.6) is 0 Å². The molecule has 0 atom stereocenters. The predicted molar refractivity (Wildman–Crippen MR) is 72.7 cm³/mol. The van der Waals surface area contributed by atoms with Gasteiger partial charge in [-0.1, -0.05) is 0 Å². The Kier molecular flexibility index (Phi) is 2.71. The number of thiophene rings is 1. The van der Waals surface area contributed by atoms with Gasteiger partial charge in [0, 0.05) is 13.2 Å². The minimum absolute atomic E-state index is 0.708. The Balaban J connectivity index is 1.89. The fraction of sp³-hybridized carbons (Fsp3) is 0.250. The quantitative estimate of drug-likeness (QED) is 0.784. The molecular weight excluding hydrogens is 246 g/mol. The molecule has 0 saturated heterocycles. The zero-order valence-electron chi connectivity index (χ0n) is 10.2. The van der Waals surface area contributed by atoms with E-state index in [0.717, 1.165) is 21.7 Å². The first-order valence-electron chi connectivity index (χ1n) is 5.65. The van der Waals surface area contributed by atoms with Gasteiger partial charge >= 0.3 is 0 Å². The van der Waals surface area contributed by atoms with Gasteiger partial charge in [0.05, 0.1) is 22.5 Å². The molecule has 0 radical (unpaired) electrons. The van der Waals surface area contributed by atoms with Crippen molar-refractivity contribution in [2.45, 2.75) is 13.5 Å². The summed E-state index contributed by atoms with van der Waals surface area (Å²) in [6.45, 7) is 2.77. The summed E-state index contributed by atoms with van der Waals surface area (Å²) < 4.78 is 2.96. The number of hydrogen-bond donors (Lipinski definition) is 1. The highest BCUT2D eigenvalue weighted by molar-refractivity contribution is 7.18. The van der Waals surface area contributed by atoms with E-state index in [1.807, 2.05) is 17.8 Å². The molecule has 0 aliphatic rings. The van der Waals surface area contributed by atoms with Crippen LogP contribution in [0, 0.1) is 6.92 Å². The summed E-state index contributed by atoms with van der Waals surface area (Å²) in [5.74, 6) is 0.888.